The lowest BCUT2D eigenvalue weighted by Gasteiger charge is -2.13. The van der Waals surface area contributed by atoms with E-state index < -0.39 is 0 Å². The molecule has 0 atom stereocenters. The molecular formula is C21H18N2O2. The SMILES string of the molecule is COc1ccc(Cn2ccc(C#N)cc2=O)cc1-c1cccc(C)c1. The summed E-state index contributed by atoms with van der Waals surface area (Å²) < 4.78 is 7.08. The fourth-order valence-electron chi connectivity index (χ4n) is 2.80. The molecule has 0 aliphatic heterocycles. The van der Waals surface area contributed by atoms with Gasteiger partial charge in [0.2, 0.25) is 0 Å². The number of hydrogen-bond acceptors (Lipinski definition) is 3. The van der Waals surface area contributed by atoms with Crippen molar-refractivity contribution in [2.75, 3.05) is 7.11 Å². The summed E-state index contributed by atoms with van der Waals surface area (Å²) in [7, 11) is 1.65. The molecule has 1 heterocycles. The van der Waals surface area contributed by atoms with E-state index in [1.54, 1.807) is 23.9 Å². The Kier molecular flexibility index (Phi) is 4.67. The van der Waals surface area contributed by atoms with Crippen molar-refractivity contribution in [2.45, 2.75) is 13.5 Å². The minimum absolute atomic E-state index is 0.188. The Morgan fingerprint density at radius 3 is 2.64 bits per heavy atom. The van der Waals surface area contributed by atoms with Crippen molar-refractivity contribution in [1.82, 2.24) is 4.57 Å². The van der Waals surface area contributed by atoms with E-state index in [2.05, 4.69) is 19.1 Å². The lowest BCUT2D eigenvalue weighted by Crippen LogP contribution is -2.19. The maximum atomic E-state index is 12.1. The zero-order chi connectivity index (χ0) is 17.8. The Morgan fingerprint density at radius 1 is 1.12 bits per heavy atom. The monoisotopic (exact) mass is 330 g/mol. The summed E-state index contributed by atoms with van der Waals surface area (Å²) in [5.41, 5.74) is 4.41. The summed E-state index contributed by atoms with van der Waals surface area (Å²) in [6, 6.07) is 19.1. The van der Waals surface area contributed by atoms with Crippen molar-refractivity contribution in [3.05, 3.63) is 87.8 Å². The van der Waals surface area contributed by atoms with Gasteiger partial charge in [-0.3, -0.25) is 4.79 Å². The Hall–Kier alpha value is -3.32. The lowest BCUT2D eigenvalue weighted by molar-refractivity contribution is 0.416. The first-order valence-electron chi connectivity index (χ1n) is 7.95. The van der Waals surface area contributed by atoms with Crippen molar-refractivity contribution in [2.24, 2.45) is 0 Å². The third-order valence-electron chi connectivity index (χ3n) is 4.07. The summed E-state index contributed by atoms with van der Waals surface area (Å²) in [5.74, 6) is 0.793. The third-order valence-corrected chi connectivity index (χ3v) is 4.07. The molecule has 25 heavy (non-hydrogen) atoms. The molecule has 3 rings (SSSR count). The summed E-state index contributed by atoms with van der Waals surface area (Å²) in [6.07, 6.45) is 1.65. The minimum atomic E-state index is -0.188. The van der Waals surface area contributed by atoms with Gasteiger partial charge in [0.1, 0.15) is 5.75 Å². The van der Waals surface area contributed by atoms with Gasteiger partial charge in [0, 0.05) is 17.8 Å². The lowest BCUT2D eigenvalue weighted by atomic mass is 10.00. The van der Waals surface area contributed by atoms with Gasteiger partial charge in [0.05, 0.1) is 25.3 Å². The summed E-state index contributed by atoms with van der Waals surface area (Å²) in [6.45, 7) is 2.49. The second-order valence-electron chi connectivity index (χ2n) is 5.90. The molecule has 0 fully saturated rings. The largest absolute Gasteiger partial charge is 0.496 e. The molecule has 0 aliphatic carbocycles. The van der Waals surface area contributed by atoms with Gasteiger partial charge in [-0.2, -0.15) is 5.26 Å². The molecule has 0 spiro atoms. The highest BCUT2D eigenvalue weighted by Crippen LogP contribution is 2.31. The zero-order valence-electron chi connectivity index (χ0n) is 14.2. The Balaban J connectivity index is 2.00. The Bertz CT molecular complexity index is 1010. The van der Waals surface area contributed by atoms with E-state index >= 15 is 0 Å². The van der Waals surface area contributed by atoms with Crippen LogP contribution < -0.4 is 10.3 Å². The summed E-state index contributed by atoms with van der Waals surface area (Å²) in [4.78, 5) is 12.1. The van der Waals surface area contributed by atoms with Crippen LogP contribution in [0.2, 0.25) is 0 Å². The van der Waals surface area contributed by atoms with E-state index in [9.17, 15) is 4.79 Å². The van der Waals surface area contributed by atoms with Crippen LogP contribution in [0.3, 0.4) is 0 Å². The van der Waals surface area contributed by atoms with E-state index in [1.807, 2.05) is 36.4 Å². The van der Waals surface area contributed by atoms with Crippen LogP contribution in [0.4, 0.5) is 0 Å². The van der Waals surface area contributed by atoms with E-state index in [-0.39, 0.29) is 5.56 Å². The van der Waals surface area contributed by atoms with Crippen molar-refractivity contribution in [3.63, 3.8) is 0 Å². The topological polar surface area (TPSA) is 55.0 Å². The van der Waals surface area contributed by atoms with Crippen molar-refractivity contribution in [3.8, 4) is 22.9 Å². The number of hydrogen-bond donors (Lipinski definition) is 0. The number of rotatable bonds is 4. The summed E-state index contributed by atoms with van der Waals surface area (Å²) >= 11 is 0. The van der Waals surface area contributed by atoms with E-state index in [0.29, 0.717) is 12.1 Å². The van der Waals surface area contributed by atoms with Gasteiger partial charge in [-0.1, -0.05) is 35.9 Å². The zero-order valence-corrected chi connectivity index (χ0v) is 14.2. The Morgan fingerprint density at radius 2 is 1.96 bits per heavy atom. The highest BCUT2D eigenvalue weighted by Gasteiger charge is 2.08. The molecule has 0 unspecified atom stereocenters. The second-order valence-corrected chi connectivity index (χ2v) is 5.90. The van der Waals surface area contributed by atoms with Crippen molar-refractivity contribution in [1.29, 1.82) is 5.26 Å². The van der Waals surface area contributed by atoms with Crippen molar-refractivity contribution >= 4 is 0 Å². The number of ether oxygens (including phenoxy) is 1. The van der Waals surface area contributed by atoms with E-state index in [0.717, 1.165) is 22.4 Å². The number of benzene rings is 2. The fourth-order valence-corrected chi connectivity index (χ4v) is 2.80. The van der Waals surface area contributed by atoms with Crippen molar-refractivity contribution < 1.29 is 4.74 Å². The van der Waals surface area contributed by atoms with Gasteiger partial charge in [0.25, 0.3) is 5.56 Å². The van der Waals surface area contributed by atoms with Crippen LogP contribution in [0.5, 0.6) is 5.75 Å². The maximum Gasteiger partial charge on any atom is 0.252 e. The van der Waals surface area contributed by atoms with Gasteiger partial charge in [0.15, 0.2) is 0 Å². The quantitative estimate of drug-likeness (QED) is 0.732. The molecular weight excluding hydrogens is 312 g/mol. The first-order chi connectivity index (χ1) is 12.1. The van der Waals surface area contributed by atoms with E-state index in [4.69, 9.17) is 10.00 Å². The molecule has 0 saturated heterocycles. The first-order valence-corrected chi connectivity index (χ1v) is 7.95. The molecule has 0 radical (unpaired) electrons. The van der Waals surface area contributed by atoms with Gasteiger partial charge >= 0.3 is 0 Å². The molecule has 0 amide bonds. The van der Waals surface area contributed by atoms with Crippen LogP contribution in [0, 0.1) is 18.3 Å². The van der Waals surface area contributed by atoms with Crippen LogP contribution >= 0.6 is 0 Å². The van der Waals surface area contributed by atoms with Crippen LogP contribution in [-0.4, -0.2) is 11.7 Å². The number of methoxy groups -OCH3 is 1. The normalized spacial score (nSPS) is 10.3. The average molecular weight is 330 g/mol. The van der Waals surface area contributed by atoms with Crippen LogP contribution in [0.25, 0.3) is 11.1 Å². The number of pyridine rings is 1. The molecule has 1 aromatic heterocycles. The maximum absolute atomic E-state index is 12.1. The number of nitriles is 1. The predicted octanol–water partition coefficient (Wildman–Crippen LogP) is 3.75. The highest BCUT2D eigenvalue weighted by atomic mass is 16.5. The molecule has 124 valence electrons. The van der Waals surface area contributed by atoms with Gasteiger partial charge < -0.3 is 9.30 Å². The smallest absolute Gasteiger partial charge is 0.252 e. The first kappa shape index (κ1) is 16.5. The van der Waals surface area contributed by atoms with Gasteiger partial charge in [-0.15, -0.1) is 0 Å². The van der Waals surface area contributed by atoms with Crippen LogP contribution in [-0.2, 0) is 6.54 Å². The Labute approximate surface area is 146 Å². The number of aromatic nitrogens is 1. The number of nitrogens with zero attached hydrogens (tertiary/aromatic N) is 2. The fraction of sp³-hybridized carbons (Fsp3) is 0.143. The molecule has 0 aliphatic rings. The van der Waals surface area contributed by atoms with Crippen LogP contribution in [0.15, 0.2) is 65.6 Å². The summed E-state index contributed by atoms with van der Waals surface area (Å²) in [5, 5.41) is 8.87. The van der Waals surface area contributed by atoms with Gasteiger partial charge in [-0.05, 0) is 36.2 Å². The highest BCUT2D eigenvalue weighted by molar-refractivity contribution is 5.71. The van der Waals surface area contributed by atoms with E-state index in [1.165, 1.54) is 11.6 Å². The standard InChI is InChI=1S/C21H18N2O2/c1-15-4-3-5-18(10-15)19-11-17(6-7-20(19)25-2)14-23-9-8-16(13-22)12-21(23)24/h3-12H,14H2,1-2H3. The molecule has 4 heteroatoms. The molecule has 0 saturated carbocycles. The number of aryl methyl sites for hydroxylation is 1. The minimum Gasteiger partial charge on any atom is -0.496 e. The molecule has 2 aromatic carbocycles. The molecule has 0 bridgehead atoms. The second kappa shape index (κ2) is 7.06. The third kappa shape index (κ3) is 3.61. The molecule has 3 aromatic rings. The predicted molar refractivity (Wildman–Crippen MR) is 97.7 cm³/mol. The molecule has 4 nitrogen and oxygen atoms in total. The molecule has 0 N–H and O–H groups in total. The van der Waals surface area contributed by atoms with Gasteiger partial charge in [-0.25, -0.2) is 0 Å². The van der Waals surface area contributed by atoms with Crippen LogP contribution in [0.1, 0.15) is 16.7 Å². The average Bonchev–Trinajstić information content (AvgIpc) is 2.63.